The van der Waals surface area contributed by atoms with Gasteiger partial charge in [-0.25, -0.2) is 4.68 Å². The highest BCUT2D eigenvalue weighted by Crippen LogP contribution is 2.36. The summed E-state index contributed by atoms with van der Waals surface area (Å²) in [4.78, 5) is 12.1. The van der Waals surface area contributed by atoms with Gasteiger partial charge in [0.1, 0.15) is 4.47 Å². The highest BCUT2D eigenvalue weighted by atomic mass is 79.9. The largest absolute Gasteiger partial charge is 0.380 e. The van der Waals surface area contributed by atoms with Gasteiger partial charge < -0.3 is 5.32 Å². The summed E-state index contributed by atoms with van der Waals surface area (Å²) in [6.07, 6.45) is 8.14. The molecule has 1 unspecified atom stereocenters. The molecule has 5 heteroatoms. The molecule has 1 heterocycles. The summed E-state index contributed by atoms with van der Waals surface area (Å²) in [5.74, 6) is 0. The molecule has 0 amide bonds. The van der Waals surface area contributed by atoms with Crippen LogP contribution in [0.4, 0.5) is 5.69 Å². The zero-order valence-electron chi connectivity index (χ0n) is 12.2. The van der Waals surface area contributed by atoms with Crippen LogP contribution in [0.25, 0.3) is 0 Å². The lowest BCUT2D eigenvalue weighted by Gasteiger charge is -2.36. The quantitative estimate of drug-likeness (QED) is 0.853. The van der Waals surface area contributed by atoms with Crippen molar-refractivity contribution < 1.29 is 0 Å². The zero-order chi connectivity index (χ0) is 14.8. The van der Waals surface area contributed by atoms with Crippen molar-refractivity contribution in [2.75, 3.05) is 5.32 Å². The van der Waals surface area contributed by atoms with Gasteiger partial charge in [0, 0.05) is 6.04 Å². The van der Waals surface area contributed by atoms with E-state index in [1.807, 2.05) is 0 Å². The third-order valence-electron chi connectivity index (χ3n) is 3.85. The van der Waals surface area contributed by atoms with Gasteiger partial charge in [-0.15, -0.1) is 6.58 Å². The van der Waals surface area contributed by atoms with Crippen LogP contribution in [-0.4, -0.2) is 15.8 Å². The molecule has 1 aliphatic carbocycles. The first kappa shape index (κ1) is 15.3. The Kier molecular flexibility index (Phi) is 4.68. The van der Waals surface area contributed by atoms with E-state index in [2.05, 4.69) is 46.8 Å². The van der Waals surface area contributed by atoms with Gasteiger partial charge in [0.2, 0.25) is 0 Å². The maximum absolute atomic E-state index is 12.1. The molecule has 1 atom stereocenters. The van der Waals surface area contributed by atoms with E-state index in [1.54, 1.807) is 12.3 Å². The first-order valence-electron chi connectivity index (χ1n) is 7.06. The predicted molar refractivity (Wildman–Crippen MR) is 86.1 cm³/mol. The Labute approximate surface area is 128 Å². The van der Waals surface area contributed by atoms with E-state index in [0.29, 0.717) is 22.5 Å². The summed E-state index contributed by atoms with van der Waals surface area (Å²) < 4.78 is 1.95. The molecule has 1 saturated carbocycles. The molecule has 0 bridgehead atoms. The normalized spacial score (nSPS) is 21.4. The number of halogens is 1. The van der Waals surface area contributed by atoms with E-state index in [9.17, 15) is 4.79 Å². The van der Waals surface area contributed by atoms with Crippen LogP contribution in [-0.2, 0) is 6.54 Å². The van der Waals surface area contributed by atoms with Crippen LogP contribution in [0.1, 0.15) is 39.5 Å². The number of anilines is 1. The first-order valence-corrected chi connectivity index (χ1v) is 7.85. The summed E-state index contributed by atoms with van der Waals surface area (Å²) in [5.41, 5.74) is 1.04. The predicted octanol–water partition coefficient (Wildman–Crippen LogP) is 3.57. The molecule has 4 nitrogen and oxygen atoms in total. The van der Waals surface area contributed by atoms with E-state index < -0.39 is 0 Å². The standard InChI is InChI=1S/C15H22BrN3O/c1-4-8-19-14(20)13(16)12(10-17-19)18-11-6-5-7-15(2,3)9-11/h4,10-11,18H,1,5-9H2,2-3H3. The molecule has 1 aromatic heterocycles. The molecule has 0 saturated heterocycles. The molecule has 1 N–H and O–H groups in total. The fourth-order valence-electron chi connectivity index (χ4n) is 2.86. The van der Waals surface area contributed by atoms with E-state index in [4.69, 9.17) is 0 Å². The van der Waals surface area contributed by atoms with Crippen LogP contribution in [0, 0.1) is 5.41 Å². The average Bonchev–Trinajstić information content (AvgIpc) is 2.37. The second-order valence-electron chi connectivity index (χ2n) is 6.25. The third kappa shape index (κ3) is 3.51. The van der Waals surface area contributed by atoms with Crippen molar-refractivity contribution >= 4 is 21.6 Å². The fraction of sp³-hybridized carbons (Fsp3) is 0.600. The van der Waals surface area contributed by atoms with Crippen molar-refractivity contribution in [1.82, 2.24) is 9.78 Å². The van der Waals surface area contributed by atoms with Gasteiger partial charge in [-0.3, -0.25) is 4.79 Å². The van der Waals surface area contributed by atoms with Crippen LogP contribution in [0.2, 0.25) is 0 Å². The van der Waals surface area contributed by atoms with Gasteiger partial charge in [-0.2, -0.15) is 5.10 Å². The molecule has 1 fully saturated rings. The Morgan fingerprint density at radius 1 is 1.65 bits per heavy atom. The summed E-state index contributed by atoms with van der Waals surface area (Å²) in [6, 6.07) is 0.409. The summed E-state index contributed by atoms with van der Waals surface area (Å²) in [5, 5.41) is 7.64. The van der Waals surface area contributed by atoms with Crippen LogP contribution >= 0.6 is 15.9 Å². The molecule has 110 valence electrons. The monoisotopic (exact) mass is 339 g/mol. The number of aromatic nitrogens is 2. The molecular weight excluding hydrogens is 318 g/mol. The van der Waals surface area contributed by atoms with Crippen LogP contribution in [0.15, 0.2) is 28.1 Å². The number of allylic oxidation sites excluding steroid dienone is 1. The second kappa shape index (κ2) is 6.12. The number of rotatable bonds is 4. The molecule has 0 aromatic carbocycles. The molecule has 0 spiro atoms. The Bertz CT molecular complexity index is 551. The number of nitrogens with one attached hydrogen (secondary N) is 1. The van der Waals surface area contributed by atoms with Gasteiger partial charge in [-0.1, -0.05) is 26.3 Å². The topological polar surface area (TPSA) is 46.9 Å². The highest BCUT2D eigenvalue weighted by molar-refractivity contribution is 9.10. The van der Waals surface area contributed by atoms with Gasteiger partial charge in [0.15, 0.2) is 0 Å². The van der Waals surface area contributed by atoms with Gasteiger partial charge in [-0.05, 0) is 40.6 Å². The molecule has 1 aliphatic rings. The molecule has 0 radical (unpaired) electrons. The van der Waals surface area contributed by atoms with Crippen molar-refractivity contribution in [3.63, 3.8) is 0 Å². The van der Waals surface area contributed by atoms with E-state index in [0.717, 1.165) is 18.5 Å². The SMILES string of the molecule is C=CCn1ncc(NC2CCCC(C)(C)C2)c(Br)c1=O. The Morgan fingerprint density at radius 2 is 2.40 bits per heavy atom. The third-order valence-corrected chi connectivity index (χ3v) is 4.62. The Hall–Kier alpha value is -1.10. The minimum atomic E-state index is -0.120. The highest BCUT2D eigenvalue weighted by Gasteiger charge is 2.28. The molecular formula is C15H22BrN3O. The average molecular weight is 340 g/mol. The number of hydrogen-bond donors (Lipinski definition) is 1. The minimum absolute atomic E-state index is 0.120. The van der Waals surface area contributed by atoms with Crippen molar-refractivity contribution in [1.29, 1.82) is 0 Å². The first-order chi connectivity index (χ1) is 9.43. The Balaban J connectivity index is 2.16. The zero-order valence-corrected chi connectivity index (χ0v) is 13.7. The smallest absolute Gasteiger partial charge is 0.283 e. The van der Waals surface area contributed by atoms with Crippen LogP contribution < -0.4 is 10.9 Å². The molecule has 0 aliphatic heterocycles. The van der Waals surface area contributed by atoms with Gasteiger partial charge in [0.05, 0.1) is 18.4 Å². The molecule has 20 heavy (non-hydrogen) atoms. The summed E-state index contributed by atoms with van der Waals surface area (Å²) >= 11 is 3.39. The number of hydrogen-bond acceptors (Lipinski definition) is 3. The van der Waals surface area contributed by atoms with Crippen molar-refractivity contribution in [3.8, 4) is 0 Å². The van der Waals surface area contributed by atoms with E-state index in [-0.39, 0.29) is 5.56 Å². The lowest BCUT2D eigenvalue weighted by atomic mass is 9.75. The second-order valence-corrected chi connectivity index (χ2v) is 7.04. The van der Waals surface area contributed by atoms with E-state index >= 15 is 0 Å². The van der Waals surface area contributed by atoms with Crippen molar-refractivity contribution in [2.45, 2.75) is 52.1 Å². The lowest BCUT2D eigenvalue weighted by molar-refractivity contribution is 0.229. The van der Waals surface area contributed by atoms with E-state index in [1.165, 1.54) is 17.5 Å². The maximum atomic E-state index is 12.1. The minimum Gasteiger partial charge on any atom is -0.380 e. The van der Waals surface area contributed by atoms with Crippen LogP contribution in [0.3, 0.4) is 0 Å². The van der Waals surface area contributed by atoms with Gasteiger partial charge >= 0.3 is 0 Å². The molecule has 1 aromatic rings. The number of nitrogens with zero attached hydrogens (tertiary/aromatic N) is 2. The van der Waals surface area contributed by atoms with Gasteiger partial charge in [0.25, 0.3) is 5.56 Å². The maximum Gasteiger partial charge on any atom is 0.283 e. The Morgan fingerprint density at radius 3 is 3.05 bits per heavy atom. The fourth-order valence-corrected chi connectivity index (χ4v) is 3.28. The van der Waals surface area contributed by atoms with Crippen molar-refractivity contribution in [2.24, 2.45) is 5.41 Å². The summed E-state index contributed by atoms with van der Waals surface area (Å²) in [7, 11) is 0. The molecule has 2 rings (SSSR count). The lowest BCUT2D eigenvalue weighted by Crippen LogP contribution is -2.33. The summed E-state index contributed by atoms with van der Waals surface area (Å²) in [6.45, 7) is 8.66. The van der Waals surface area contributed by atoms with Crippen molar-refractivity contribution in [3.05, 3.63) is 33.7 Å². The van der Waals surface area contributed by atoms with Crippen LogP contribution in [0.5, 0.6) is 0 Å².